The second-order valence-electron chi connectivity index (χ2n) is 13.7. The third-order valence-electron chi connectivity index (χ3n) is 11.2. The maximum atomic E-state index is 6.92. The monoisotopic (exact) mass is 710 g/mol. The number of hydrogen-bond donors (Lipinski definition) is 0. The summed E-state index contributed by atoms with van der Waals surface area (Å²) in [7, 11) is 14.4. The zero-order valence-electron chi connectivity index (χ0n) is 31.1. The van der Waals surface area contributed by atoms with E-state index >= 15 is 0 Å². The normalized spacial score (nSPS) is 18.5. The Kier molecular flexibility index (Phi) is 8.87. The van der Waals surface area contributed by atoms with Crippen LogP contribution in [0.5, 0.6) is 57.5 Å². The first kappa shape index (κ1) is 34.1. The number of rotatable bonds is 10. The highest BCUT2D eigenvalue weighted by Crippen LogP contribution is 2.59. The summed E-state index contributed by atoms with van der Waals surface area (Å²) in [6.45, 7) is 1.96. The number of ether oxygens (including phenoxy) is 9. The van der Waals surface area contributed by atoms with Crippen LogP contribution in [0.1, 0.15) is 45.5 Å². The van der Waals surface area contributed by atoms with Crippen molar-refractivity contribution in [3.05, 3.63) is 69.8 Å². The molecule has 0 aromatic heterocycles. The quantitative estimate of drug-likeness (QED) is 0.175. The minimum absolute atomic E-state index is 0.0447. The predicted molar refractivity (Wildman–Crippen MR) is 196 cm³/mol. The van der Waals surface area contributed by atoms with Crippen molar-refractivity contribution < 1.29 is 42.6 Å². The summed E-state index contributed by atoms with van der Waals surface area (Å²) in [5.41, 5.74) is 9.08. The molecule has 4 aliphatic rings. The second-order valence-corrected chi connectivity index (χ2v) is 13.7. The molecule has 3 aliphatic heterocycles. The van der Waals surface area contributed by atoms with E-state index in [0.29, 0.717) is 46.7 Å². The van der Waals surface area contributed by atoms with Gasteiger partial charge in [0.1, 0.15) is 5.75 Å². The van der Waals surface area contributed by atoms with E-state index in [2.05, 4.69) is 48.2 Å². The maximum absolute atomic E-state index is 6.92. The SMILES string of the molecule is COc1cc(CC2c3cc(OC)c(OC)cc3CCN2C)c(Oc2cc3c(cc2OC)-c2c4c(c(OC)c5c2C(C3)N(C)CC5)OCO4)cc1OC. The van der Waals surface area contributed by atoms with E-state index < -0.39 is 0 Å². The van der Waals surface area contributed by atoms with E-state index in [0.717, 1.165) is 71.9 Å². The molecule has 11 heteroatoms. The fourth-order valence-electron chi connectivity index (χ4n) is 8.54. The molecule has 8 rings (SSSR count). The van der Waals surface area contributed by atoms with Crippen LogP contribution in [-0.4, -0.2) is 86.4 Å². The lowest BCUT2D eigenvalue weighted by molar-refractivity contribution is 0.171. The average Bonchev–Trinajstić information content (AvgIpc) is 3.66. The van der Waals surface area contributed by atoms with Gasteiger partial charge in [-0.1, -0.05) is 0 Å². The molecule has 52 heavy (non-hydrogen) atoms. The number of methoxy groups -OCH3 is 6. The van der Waals surface area contributed by atoms with Crippen molar-refractivity contribution in [2.75, 3.05) is 76.6 Å². The second kappa shape index (κ2) is 13.5. The molecule has 4 aromatic rings. The molecule has 0 radical (unpaired) electrons. The number of fused-ring (bicyclic) bond motifs is 5. The number of likely N-dealkylation sites (N-methyl/N-ethyl adjacent to an activating group) is 2. The van der Waals surface area contributed by atoms with Crippen LogP contribution in [0, 0.1) is 0 Å². The largest absolute Gasteiger partial charge is 0.493 e. The van der Waals surface area contributed by atoms with Crippen molar-refractivity contribution in [3.8, 4) is 68.6 Å². The summed E-state index contributed by atoms with van der Waals surface area (Å²) >= 11 is 0. The molecule has 4 aromatic carbocycles. The maximum Gasteiger partial charge on any atom is 0.231 e. The molecule has 0 fully saturated rings. The first-order chi connectivity index (χ1) is 25.3. The Bertz CT molecular complexity index is 2050. The van der Waals surface area contributed by atoms with E-state index in [4.69, 9.17) is 42.6 Å². The minimum Gasteiger partial charge on any atom is -0.493 e. The highest BCUT2D eigenvalue weighted by atomic mass is 16.7. The summed E-state index contributed by atoms with van der Waals surface area (Å²) in [6, 6.07) is 12.5. The Morgan fingerprint density at radius 1 is 0.635 bits per heavy atom. The smallest absolute Gasteiger partial charge is 0.231 e. The van der Waals surface area contributed by atoms with Crippen molar-refractivity contribution in [1.29, 1.82) is 0 Å². The molecule has 0 spiro atoms. The van der Waals surface area contributed by atoms with Crippen LogP contribution in [0.25, 0.3) is 11.1 Å². The van der Waals surface area contributed by atoms with Crippen molar-refractivity contribution in [2.24, 2.45) is 0 Å². The lowest BCUT2D eigenvalue weighted by Gasteiger charge is -2.40. The number of hydrogen-bond acceptors (Lipinski definition) is 11. The van der Waals surface area contributed by atoms with Gasteiger partial charge in [-0.05, 0) is 97.9 Å². The van der Waals surface area contributed by atoms with Gasteiger partial charge in [-0.25, -0.2) is 0 Å². The molecular weight excluding hydrogens is 664 g/mol. The van der Waals surface area contributed by atoms with Crippen LogP contribution in [0.4, 0.5) is 0 Å². The van der Waals surface area contributed by atoms with Gasteiger partial charge in [0.15, 0.2) is 46.0 Å². The summed E-state index contributed by atoms with van der Waals surface area (Å²) in [5.74, 6) is 6.72. The predicted octanol–water partition coefficient (Wildman–Crippen LogP) is 6.78. The summed E-state index contributed by atoms with van der Waals surface area (Å²) < 4.78 is 54.0. The zero-order valence-corrected chi connectivity index (χ0v) is 31.1. The first-order valence-electron chi connectivity index (χ1n) is 17.6. The van der Waals surface area contributed by atoms with Gasteiger partial charge >= 0.3 is 0 Å². The lowest BCUT2D eigenvalue weighted by Crippen LogP contribution is -2.35. The van der Waals surface area contributed by atoms with Gasteiger partial charge in [0.05, 0.1) is 42.7 Å². The molecule has 274 valence electrons. The molecule has 2 atom stereocenters. The Labute approximate surface area is 304 Å². The molecule has 11 nitrogen and oxygen atoms in total. The van der Waals surface area contributed by atoms with Crippen molar-refractivity contribution in [1.82, 2.24) is 9.80 Å². The highest BCUT2D eigenvalue weighted by molar-refractivity contribution is 5.87. The third kappa shape index (κ3) is 5.40. The summed E-state index contributed by atoms with van der Waals surface area (Å²) in [6.07, 6.45) is 3.23. The van der Waals surface area contributed by atoms with Crippen LogP contribution >= 0.6 is 0 Å². The molecular formula is C41H46N2O9. The molecule has 0 N–H and O–H groups in total. The van der Waals surface area contributed by atoms with Gasteiger partial charge < -0.3 is 42.6 Å². The van der Waals surface area contributed by atoms with Gasteiger partial charge in [-0.15, -0.1) is 0 Å². The van der Waals surface area contributed by atoms with Crippen LogP contribution < -0.4 is 42.6 Å². The first-order valence-corrected chi connectivity index (χ1v) is 17.6. The van der Waals surface area contributed by atoms with Gasteiger partial charge in [-0.2, -0.15) is 0 Å². The Morgan fingerprint density at radius 2 is 1.27 bits per heavy atom. The molecule has 2 unspecified atom stereocenters. The van der Waals surface area contributed by atoms with Crippen molar-refractivity contribution in [2.45, 2.75) is 37.8 Å². The molecule has 1 aliphatic carbocycles. The summed E-state index contributed by atoms with van der Waals surface area (Å²) in [4.78, 5) is 4.79. The topological polar surface area (TPSA) is 89.6 Å². The summed E-state index contributed by atoms with van der Waals surface area (Å²) in [5, 5.41) is 0. The van der Waals surface area contributed by atoms with Crippen LogP contribution in [0.15, 0.2) is 36.4 Å². The molecule has 0 bridgehead atoms. The van der Waals surface area contributed by atoms with Gasteiger partial charge in [0.25, 0.3) is 0 Å². The highest BCUT2D eigenvalue weighted by Gasteiger charge is 2.41. The van der Waals surface area contributed by atoms with Gasteiger partial charge in [-0.3, -0.25) is 9.80 Å². The van der Waals surface area contributed by atoms with Crippen LogP contribution in [0.2, 0.25) is 0 Å². The van der Waals surface area contributed by atoms with E-state index in [1.807, 2.05) is 12.1 Å². The zero-order chi connectivity index (χ0) is 36.3. The van der Waals surface area contributed by atoms with E-state index in [1.165, 1.54) is 22.3 Å². The van der Waals surface area contributed by atoms with Gasteiger partial charge in [0.2, 0.25) is 12.5 Å². The number of benzene rings is 4. The molecule has 3 heterocycles. The van der Waals surface area contributed by atoms with E-state index in [1.54, 1.807) is 42.7 Å². The standard InChI is InChI=1S/C41H46N2O9/c1-42-11-9-22-15-31(44-3)33(46-5)18-26(22)28(42)14-24-17-32(45-4)35(48-7)20-30(24)52-36-16-23-13-29-37-25(10-12-43(29)2)39(49-8)41-40(50-21-51-41)38(37)27(23)19-34(36)47-6/h15-20,28-29H,9-14,21H2,1-8H3. The van der Waals surface area contributed by atoms with Crippen LogP contribution in [0.3, 0.4) is 0 Å². The van der Waals surface area contributed by atoms with Crippen molar-refractivity contribution >= 4 is 0 Å². The van der Waals surface area contributed by atoms with Crippen LogP contribution in [-0.2, 0) is 25.7 Å². The molecule has 0 saturated heterocycles. The van der Waals surface area contributed by atoms with E-state index in [-0.39, 0.29) is 18.9 Å². The minimum atomic E-state index is 0.0447. The average molecular weight is 711 g/mol. The Balaban J connectivity index is 1.23. The fourth-order valence-corrected chi connectivity index (χ4v) is 8.54. The molecule has 0 amide bonds. The Morgan fingerprint density at radius 3 is 2.00 bits per heavy atom. The fraction of sp³-hybridized carbons (Fsp3) is 0.415. The molecule has 0 saturated carbocycles. The Hall–Kier alpha value is -5.00. The third-order valence-corrected chi connectivity index (χ3v) is 11.2. The lowest BCUT2D eigenvalue weighted by atomic mass is 9.76. The van der Waals surface area contributed by atoms with Gasteiger partial charge in [0, 0.05) is 47.9 Å². The van der Waals surface area contributed by atoms with E-state index in [9.17, 15) is 0 Å². The number of nitrogens with zero attached hydrogens (tertiary/aromatic N) is 2. The van der Waals surface area contributed by atoms with Crippen molar-refractivity contribution in [3.63, 3.8) is 0 Å².